The highest BCUT2D eigenvalue weighted by molar-refractivity contribution is 5.93. The van der Waals surface area contributed by atoms with Gasteiger partial charge in [-0.05, 0) is 6.92 Å². The van der Waals surface area contributed by atoms with Crippen molar-refractivity contribution in [3.8, 4) is 0 Å². The number of nitrogens with one attached hydrogen (secondary N) is 2. The first-order chi connectivity index (χ1) is 13.5. The number of aromatic nitrogens is 2. The summed E-state index contributed by atoms with van der Waals surface area (Å²) in [5.74, 6) is -0.610. The van der Waals surface area contributed by atoms with Crippen molar-refractivity contribution in [1.82, 2.24) is 19.8 Å². The zero-order valence-electron chi connectivity index (χ0n) is 15.9. The molecule has 158 valence electrons. The number of aliphatic hydroxyl groups is 2. The van der Waals surface area contributed by atoms with Crippen LogP contribution in [0.15, 0.2) is 15.8 Å². The average molecular weight is 400 g/mol. The normalized spacial score (nSPS) is 17.2. The lowest BCUT2D eigenvalue weighted by molar-refractivity contribution is -0.0772. The van der Waals surface area contributed by atoms with Crippen LogP contribution >= 0.6 is 0 Å². The number of hydrogen-bond acceptors (Lipinski definition) is 8. The Morgan fingerprint density at radius 1 is 1.36 bits per heavy atom. The predicted octanol–water partition coefficient (Wildman–Crippen LogP) is -2.12. The van der Waals surface area contributed by atoms with Gasteiger partial charge in [0.1, 0.15) is 11.8 Å². The second-order valence-corrected chi connectivity index (χ2v) is 6.52. The van der Waals surface area contributed by atoms with Gasteiger partial charge in [-0.15, -0.1) is 0 Å². The van der Waals surface area contributed by atoms with Gasteiger partial charge in [-0.2, -0.15) is 0 Å². The van der Waals surface area contributed by atoms with Crippen molar-refractivity contribution in [2.75, 3.05) is 52.6 Å². The van der Waals surface area contributed by atoms with E-state index < -0.39 is 29.5 Å². The molecule has 1 fully saturated rings. The number of aliphatic hydroxyl groups excluding tert-OH is 2. The molecule has 0 aromatic carbocycles. The van der Waals surface area contributed by atoms with E-state index in [0.717, 1.165) is 23.9 Å². The van der Waals surface area contributed by atoms with Crippen LogP contribution in [0.5, 0.6) is 0 Å². The zero-order valence-corrected chi connectivity index (χ0v) is 15.9. The largest absolute Gasteiger partial charge is 0.396 e. The van der Waals surface area contributed by atoms with Crippen LogP contribution in [-0.2, 0) is 9.47 Å². The lowest BCUT2D eigenvalue weighted by Crippen LogP contribution is -2.43. The minimum absolute atomic E-state index is 0.0500. The summed E-state index contributed by atoms with van der Waals surface area (Å²) < 4.78 is 11.8. The first kappa shape index (κ1) is 22.2. The van der Waals surface area contributed by atoms with Crippen molar-refractivity contribution in [1.29, 1.82) is 0 Å². The third kappa shape index (κ3) is 6.24. The number of aromatic amines is 1. The lowest BCUT2D eigenvalue weighted by atomic mass is 10.3. The SMILES string of the molecule is C[C@@H](CO)O[C@H](CCO)n1cc(C(=O)NCCN2CCOCC2)c(=O)[nH]c1=O. The van der Waals surface area contributed by atoms with Crippen molar-refractivity contribution in [2.45, 2.75) is 25.7 Å². The summed E-state index contributed by atoms with van der Waals surface area (Å²) in [5, 5.41) is 21.0. The van der Waals surface area contributed by atoms with E-state index in [1.165, 1.54) is 0 Å². The molecule has 0 radical (unpaired) electrons. The molecule has 2 atom stereocenters. The number of hydrogen-bond donors (Lipinski definition) is 4. The van der Waals surface area contributed by atoms with Crippen molar-refractivity contribution < 1.29 is 24.5 Å². The predicted molar refractivity (Wildman–Crippen MR) is 99.3 cm³/mol. The fourth-order valence-electron chi connectivity index (χ4n) is 2.80. The summed E-state index contributed by atoms with van der Waals surface area (Å²) in [5.41, 5.74) is -1.80. The van der Waals surface area contributed by atoms with Gasteiger partial charge in [-0.3, -0.25) is 24.0 Å². The molecule has 1 saturated heterocycles. The summed E-state index contributed by atoms with van der Waals surface area (Å²) in [6.45, 7) is 4.86. The Balaban J connectivity index is 2.10. The molecular formula is C17H28N4O7. The lowest BCUT2D eigenvalue weighted by Gasteiger charge is -2.26. The highest BCUT2D eigenvalue weighted by atomic mass is 16.5. The molecule has 4 N–H and O–H groups in total. The van der Waals surface area contributed by atoms with Gasteiger partial charge in [0, 0.05) is 45.4 Å². The molecule has 1 aromatic heterocycles. The van der Waals surface area contributed by atoms with E-state index >= 15 is 0 Å². The fourth-order valence-corrected chi connectivity index (χ4v) is 2.80. The Morgan fingerprint density at radius 3 is 2.71 bits per heavy atom. The smallest absolute Gasteiger partial charge is 0.330 e. The molecule has 0 unspecified atom stereocenters. The Morgan fingerprint density at radius 2 is 2.07 bits per heavy atom. The number of carbonyl (C=O) groups excluding carboxylic acids is 1. The molecule has 2 rings (SSSR count). The second-order valence-electron chi connectivity index (χ2n) is 6.52. The van der Waals surface area contributed by atoms with E-state index in [1.807, 2.05) is 0 Å². The molecule has 1 aromatic rings. The standard InChI is InChI=1S/C17H28N4O7/c1-12(11-23)28-14(2-7-22)21-10-13(16(25)19-17(21)26)15(24)18-3-4-20-5-8-27-9-6-20/h10,12,14,22-23H,2-9,11H2,1H3,(H,18,24)(H,19,25,26)/t12-,14+/m0/s1. The highest BCUT2D eigenvalue weighted by Gasteiger charge is 2.20. The molecule has 1 amide bonds. The molecule has 1 aliphatic rings. The van der Waals surface area contributed by atoms with Crippen molar-refractivity contribution in [2.24, 2.45) is 0 Å². The van der Waals surface area contributed by atoms with E-state index in [1.54, 1.807) is 6.92 Å². The fraction of sp³-hybridized carbons (Fsp3) is 0.706. The van der Waals surface area contributed by atoms with Gasteiger partial charge >= 0.3 is 5.69 Å². The molecule has 2 heterocycles. The molecule has 28 heavy (non-hydrogen) atoms. The zero-order chi connectivity index (χ0) is 20.5. The number of rotatable bonds is 10. The maximum atomic E-state index is 12.4. The maximum absolute atomic E-state index is 12.4. The van der Waals surface area contributed by atoms with Gasteiger partial charge in [0.2, 0.25) is 0 Å². The number of morpholine rings is 1. The average Bonchev–Trinajstić information content (AvgIpc) is 2.68. The van der Waals surface area contributed by atoms with Crippen LogP contribution in [-0.4, -0.2) is 89.3 Å². The Hall–Kier alpha value is -2.05. The summed E-state index contributed by atoms with van der Waals surface area (Å²) >= 11 is 0. The monoisotopic (exact) mass is 400 g/mol. The molecule has 0 aliphatic carbocycles. The maximum Gasteiger partial charge on any atom is 0.330 e. The van der Waals surface area contributed by atoms with Gasteiger partial charge in [0.05, 0.1) is 25.9 Å². The molecule has 0 saturated carbocycles. The topological polar surface area (TPSA) is 146 Å². The number of carbonyl (C=O) groups is 1. The van der Waals surface area contributed by atoms with Crippen LogP contribution in [0.3, 0.4) is 0 Å². The molecule has 11 nitrogen and oxygen atoms in total. The molecule has 1 aliphatic heterocycles. The number of nitrogens with zero attached hydrogens (tertiary/aromatic N) is 2. The summed E-state index contributed by atoms with van der Waals surface area (Å²) in [7, 11) is 0. The van der Waals surface area contributed by atoms with Gasteiger partial charge in [0.25, 0.3) is 11.5 Å². The van der Waals surface area contributed by atoms with Gasteiger partial charge in [-0.1, -0.05) is 0 Å². The van der Waals surface area contributed by atoms with Crippen molar-refractivity contribution >= 4 is 5.91 Å². The molecule has 0 bridgehead atoms. The highest BCUT2D eigenvalue weighted by Crippen LogP contribution is 2.13. The van der Waals surface area contributed by atoms with Gasteiger partial charge in [0.15, 0.2) is 0 Å². The third-order valence-corrected chi connectivity index (χ3v) is 4.36. The van der Waals surface area contributed by atoms with Crippen LogP contribution in [0, 0.1) is 0 Å². The van der Waals surface area contributed by atoms with Crippen LogP contribution < -0.4 is 16.6 Å². The van der Waals surface area contributed by atoms with Crippen LogP contribution in [0.25, 0.3) is 0 Å². The number of amides is 1. The minimum Gasteiger partial charge on any atom is -0.396 e. The number of ether oxygens (including phenoxy) is 2. The van der Waals surface area contributed by atoms with Crippen LogP contribution in [0.2, 0.25) is 0 Å². The van der Waals surface area contributed by atoms with E-state index in [0.29, 0.717) is 26.3 Å². The van der Waals surface area contributed by atoms with Gasteiger partial charge < -0.3 is 25.0 Å². The second kappa shape index (κ2) is 11.1. The summed E-state index contributed by atoms with van der Waals surface area (Å²) in [6.07, 6.45) is -0.359. The third-order valence-electron chi connectivity index (χ3n) is 4.36. The minimum atomic E-state index is -0.934. The van der Waals surface area contributed by atoms with Crippen LogP contribution in [0.4, 0.5) is 0 Å². The molecule has 11 heteroatoms. The van der Waals surface area contributed by atoms with E-state index in [-0.39, 0.29) is 25.2 Å². The first-order valence-electron chi connectivity index (χ1n) is 9.27. The quantitative estimate of drug-likeness (QED) is 0.349. The summed E-state index contributed by atoms with van der Waals surface area (Å²) in [6, 6.07) is 0. The Bertz CT molecular complexity index is 742. The molecular weight excluding hydrogens is 372 g/mol. The van der Waals surface area contributed by atoms with Crippen molar-refractivity contribution in [3.63, 3.8) is 0 Å². The summed E-state index contributed by atoms with van der Waals surface area (Å²) in [4.78, 5) is 40.9. The molecule has 0 spiro atoms. The number of H-pyrrole nitrogens is 1. The van der Waals surface area contributed by atoms with Crippen molar-refractivity contribution in [3.05, 3.63) is 32.6 Å². The Labute approximate surface area is 161 Å². The van der Waals surface area contributed by atoms with Crippen LogP contribution in [0.1, 0.15) is 29.9 Å². The van der Waals surface area contributed by atoms with Gasteiger partial charge in [-0.25, -0.2) is 4.79 Å². The van der Waals surface area contributed by atoms with E-state index in [2.05, 4.69) is 15.2 Å². The first-order valence-corrected chi connectivity index (χ1v) is 9.27. The Kier molecular flexibility index (Phi) is 8.80. The van der Waals surface area contributed by atoms with E-state index in [4.69, 9.17) is 14.6 Å². The van der Waals surface area contributed by atoms with E-state index in [9.17, 15) is 19.5 Å².